The standard InChI is InChI=1S/C24H13N3O/c1-4-10-19-14(6-1)21-20(28-19)12-11-18-22(21)23-15(7-5-13-25-23)24-26-16-8-2-3-9-17(16)27(18)24/h1-13H. The Kier molecular flexibility index (Phi) is 2.46. The molecule has 0 fully saturated rings. The first-order valence-electron chi connectivity index (χ1n) is 9.28. The maximum atomic E-state index is 6.14. The zero-order chi connectivity index (χ0) is 18.2. The number of imidazole rings is 1. The van der Waals surface area contributed by atoms with E-state index in [4.69, 9.17) is 14.4 Å². The summed E-state index contributed by atoms with van der Waals surface area (Å²) in [6.45, 7) is 0. The van der Waals surface area contributed by atoms with Gasteiger partial charge in [-0.05, 0) is 42.5 Å². The van der Waals surface area contributed by atoms with E-state index in [0.717, 1.165) is 60.4 Å². The van der Waals surface area contributed by atoms with Crippen molar-refractivity contribution in [3.05, 3.63) is 79.0 Å². The van der Waals surface area contributed by atoms with Crippen LogP contribution >= 0.6 is 0 Å². The van der Waals surface area contributed by atoms with E-state index < -0.39 is 0 Å². The highest BCUT2D eigenvalue weighted by Crippen LogP contribution is 2.39. The third-order valence-corrected chi connectivity index (χ3v) is 5.61. The summed E-state index contributed by atoms with van der Waals surface area (Å²) >= 11 is 0. The molecule has 4 aromatic heterocycles. The average molecular weight is 359 g/mol. The SMILES string of the molecule is c1ccc2c(c1)nc1c3cccnc3c3c4c(ccc3n21)oc1ccccc14. The molecule has 0 radical (unpaired) electrons. The molecule has 0 aliphatic carbocycles. The van der Waals surface area contributed by atoms with Crippen LogP contribution in [0.5, 0.6) is 0 Å². The lowest BCUT2D eigenvalue weighted by molar-refractivity contribution is 0.669. The molecule has 0 N–H and O–H groups in total. The van der Waals surface area contributed by atoms with Crippen molar-refractivity contribution in [1.82, 2.24) is 14.4 Å². The van der Waals surface area contributed by atoms with Crippen LogP contribution in [0, 0.1) is 0 Å². The molecule has 4 nitrogen and oxygen atoms in total. The quantitative estimate of drug-likeness (QED) is 0.308. The lowest BCUT2D eigenvalue weighted by Gasteiger charge is -2.09. The summed E-state index contributed by atoms with van der Waals surface area (Å²) < 4.78 is 8.38. The first-order chi connectivity index (χ1) is 13.9. The molecule has 28 heavy (non-hydrogen) atoms. The number of furan rings is 1. The fraction of sp³-hybridized carbons (Fsp3) is 0. The molecule has 0 saturated carbocycles. The summed E-state index contributed by atoms with van der Waals surface area (Å²) in [6.07, 6.45) is 1.85. The van der Waals surface area contributed by atoms with Crippen LogP contribution in [-0.4, -0.2) is 14.4 Å². The summed E-state index contributed by atoms with van der Waals surface area (Å²) in [5.41, 5.74) is 6.84. The van der Waals surface area contributed by atoms with Gasteiger partial charge in [0.05, 0.1) is 22.1 Å². The van der Waals surface area contributed by atoms with Gasteiger partial charge in [-0.15, -0.1) is 0 Å². The number of rotatable bonds is 0. The number of hydrogen-bond acceptors (Lipinski definition) is 3. The number of pyridine rings is 2. The van der Waals surface area contributed by atoms with Gasteiger partial charge >= 0.3 is 0 Å². The molecule has 0 amide bonds. The van der Waals surface area contributed by atoms with E-state index in [-0.39, 0.29) is 0 Å². The third-order valence-electron chi connectivity index (χ3n) is 5.61. The molecule has 4 heterocycles. The molecule has 0 bridgehead atoms. The molecule has 7 rings (SSSR count). The van der Waals surface area contributed by atoms with Crippen LogP contribution in [-0.2, 0) is 0 Å². The van der Waals surface area contributed by atoms with Crippen LogP contribution in [0.3, 0.4) is 0 Å². The number of benzene rings is 3. The zero-order valence-electron chi connectivity index (χ0n) is 14.8. The molecule has 0 aliphatic heterocycles. The molecule has 0 saturated heterocycles. The molecule has 3 aromatic carbocycles. The Morgan fingerprint density at radius 1 is 0.679 bits per heavy atom. The van der Waals surface area contributed by atoms with Crippen molar-refractivity contribution in [3.63, 3.8) is 0 Å². The molecule has 0 unspecified atom stereocenters. The predicted molar refractivity (Wildman–Crippen MR) is 113 cm³/mol. The van der Waals surface area contributed by atoms with E-state index >= 15 is 0 Å². The average Bonchev–Trinajstić information content (AvgIpc) is 3.32. The minimum absolute atomic E-state index is 0.879. The second kappa shape index (κ2) is 4.87. The normalized spacial score (nSPS) is 12.3. The van der Waals surface area contributed by atoms with Gasteiger partial charge in [-0.25, -0.2) is 4.98 Å². The number of aromatic nitrogens is 3. The first kappa shape index (κ1) is 14.2. The summed E-state index contributed by atoms with van der Waals surface area (Å²) in [5.74, 6) is 0. The van der Waals surface area contributed by atoms with Crippen LogP contribution in [0.25, 0.3) is 60.4 Å². The van der Waals surface area contributed by atoms with Gasteiger partial charge in [0, 0.05) is 27.7 Å². The molecular formula is C24H13N3O. The Hall–Kier alpha value is -3.92. The Balaban J connectivity index is 1.92. The summed E-state index contributed by atoms with van der Waals surface area (Å²) in [6, 6.07) is 24.7. The monoisotopic (exact) mass is 359 g/mol. The predicted octanol–water partition coefficient (Wildman–Crippen LogP) is 6.09. The van der Waals surface area contributed by atoms with Crippen molar-refractivity contribution >= 4 is 60.4 Å². The van der Waals surface area contributed by atoms with Crippen molar-refractivity contribution < 1.29 is 4.42 Å². The van der Waals surface area contributed by atoms with Crippen LogP contribution in [0.1, 0.15) is 0 Å². The highest BCUT2D eigenvalue weighted by Gasteiger charge is 2.18. The van der Waals surface area contributed by atoms with Crippen molar-refractivity contribution in [2.45, 2.75) is 0 Å². The fourth-order valence-electron chi connectivity index (χ4n) is 4.47. The third kappa shape index (κ3) is 1.61. The molecule has 7 aromatic rings. The van der Waals surface area contributed by atoms with E-state index in [1.54, 1.807) is 0 Å². The van der Waals surface area contributed by atoms with Gasteiger partial charge in [-0.2, -0.15) is 0 Å². The number of nitrogens with zero attached hydrogens (tertiary/aromatic N) is 3. The molecule has 130 valence electrons. The smallest absolute Gasteiger partial charge is 0.147 e. The van der Waals surface area contributed by atoms with Gasteiger partial charge in [-0.3, -0.25) is 9.38 Å². The van der Waals surface area contributed by atoms with E-state index in [1.807, 2.05) is 30.5 Å². The second-order valence-corrected chi connectivity index (χ2v) is 7.09. The number of fused-ring (bicyclic) bond motifs is 12. The van der Waals surface area contributed by atoms with Crippen LogP contribution in [0.2, 0.25) is 0 Å². The van der Waals surface area contributed by atoms with Gasteiger partial charge in [0.25, 0.3) is 0 Å². The van der Waals surface area contributed by atoms with E-state index in [1.165, 1.54) is 0 Å². The van der Waals surface area contributed by atoms with E-state index in [2.05, 4.69) is 52.9 Å². The first-order valence-corrected chi connectivity index (χ1v) is 9.28. The zero-order valence-corrected chi connectivity index (χ0v) is 14.8. The van der Waals surface area contributed by atoms with Crippen molar-refractivity contribution in [2.75, 3.05) is 0 Å². The molecule has 0 aliphatic rings. The minimum atomic E-state index is 0.879. The van der Waals surface area contributed by atoms with Crippen molar-refractivity contribution in [2.24, 2.45) is 0 Å². The van der Waals surface area contributed by atoms with E-state index in [9.17, 15) is 0 Å². The lowest BCUT2D eigenvalue weighted by atomic mass is 10.0. The largest absolute Gasteiger partial charge is 0.456 e. The van der Waals surface area contributed by atoms with Gasteiger partial charge in [0.1, 0.15) is 16.8 Å². The maximum Gasteiger partial charge on any atom is 0.147 e. The molecular weight excluding hydrogens is 346 g/mol. The van der Waals surface area contributed by atoms with Gasteiger partial charge in [0.2, 0.25) is 0 Å². The molecule has 0 spiro atoms. The highest BCUT2D eigenvalue weighted by atomic mass is 16.3. The molecule has 4 heteroatoms. The van der Waals surface area contributed by atoms with Crippen molar-refractivity contribution in [1.29, 1.82) is 0 Å². The fourth-order valence-corrected chi connectivity index (χ4v) is 4.47. The number of hydrogen-bond donors (Lipinski definition) is 0. The Labute approximate surface area is 158 Å². The lowest BCUT2D eigenvalue weighted by Crippen LogP contribution is -1.93. The van der Waals surface area contributed by atoms with E-state index in [0.29, 0.717) is 0 Å². The Morgan fingerprint density at radius 2 is 1.54 bits per heavy atom. The minimum Gasteiger partial charge on any atom is -0.456 e. The summed E-state index contributed by atoms with van der Waals surface area (Å²) in [5, 5.41) is 4.37. The number of para-hydroxylation sites is 3. The Bertz CT molecular complexity index is 1710. The van der Waals surface area contributed by atoms with Gasteiger partial charge < -0.3 is 4.42 Å². The van der Waals surface area contributed by atoms with Gasteiger partial charge in [-0.1, -0.05) is 30.3 Å². The Morgan fingerprint density at radius 3 is 2.54 bits per heavy atom. The van der Waals surface area contributed by atoms with Crippen LogP contribution in [0.4, 0.5) is 0 Å². The summed E-state index contributed by atoms with van der Waals surface area (Å²) in [7, 11) is 0. The van der Waals surface area contributed by atoms with Crippen molar-refractivity contribution in [3.8, 4) is 0 Å². The molecule has 0 atom stereocenters. The van der Waals surface area contributed by atoms with Crippen LogP contribution < -0.4 is 0 Å². The second-order valence-electron chi connectivity index (χ2n) is 7.09. The maximum absolute atomic E-state index is 6.14. The van der Waals surface area contributed by atoms with Gasteiger partial charge in [0.15, 0.2) is 0 Å². The highest BCUT2D eigenvalue weighted by molar-refractivity contribution is 6.27. The summed E-state index contributed by atoms with van der Waals surface area (Å²) in [4.78, 5) is 9.69. The van der Waals surface area contributed by atoms with Crippen LogP contribution in [0.15, 0.2) is 83.4 Å². The topological polar surface area (TPSA) is 43.3 Å².